The zero-order valence-corrected chi connectivity index (χ0v) is 16.9. The Morgan fingerprint density at radius 1 is 1.21 bits per heavy atom. The van der Waals surface area contributed by atoms with E-state index in [1.807, 2.05) is 16.3 Å². The van der Waals surface area contributed by atoms with Crippen LogP contribution in [-0.2, 0) is 11.2 Å². The van der Waals surface area contributed by atoms with Crippen LogP contribution in [0.25, 0.3) is 0 Å². The molecule has 3 aromatic rings. The third-order valence-corrected chi connectivity index (χ3v) is 6.70. The van der Waals surface area contributed by atoms with E-state index in [1.54, 1.807) is 40.9 Å². The highest BCUT2D eigenvalue weighted by atomic mass is 32.1. The number of benzene rings is 1. The molecule has 1 aliphatic rings. The van der Waals surface area contributed by atoms with E-state index in [1.165, 1.54) is 17.6 Å². The lowest BCUT2D eigenvalue weighted by molar-refractivity contribution is -0.135. The molecule has 0 radical (unpaired) electrons. The van der Waals surface area contributed by atoms with Crippen molar-refractivity contribution in [2.45, 2.75) is 12.5 Å². The number of rotatable bonds is 6. The summed E-state index contributed by atoms with van der Waals surface area (Å²) >= 11 is 3.41. The van der Waals surface area contributed by atoms with E-state index < -0.39 is 0 Å². The fraction of sp³-hybridized carbons (Fsp3) is 0.238. The molecule has 4 rings (SSSR count). The van der Waals surface area contributed by atoms with E-state index in [9.17, 15) is 9.59 Å². The third kappa shape index (κ3) is 3.55. The number of carbonyl (C=O) groups is 2. The predicted molar refractivity (Wildman–Crippen MR) is 110 cm³/mol. The fourth-order valence-electron chi connectivity index (χ4n) is 3.44. The minimum atomic E-state index is -0.0852. The van der Waals surface area contributed by atoms with E-state index in [2.05, 4.69) is 17.5 Å². The molecule has 5 nitrogen and oxygen atoms in total. The minimum absolute atomic E-state index is 0.0644. The molecule has 144 valence electrons. The molecular formula is C21H19NO4S2. The largest absolute Gasteiger partial charge is 0.493 e. The van der Waals surface area contributed by atoms with Gasteiger partial charge in [0.15, 0.2) is 18.1 Å². The average Bonchev–Trinajstić information content (AvgIpc) is 3.42. The second-order valence-corrected chi connectivity index (χ2v) is 8.35. The Kier molecular flexibility index (Phi) is 5.45. The fourth-order valence-corrected chi connectivity index (χ4v) is 5.20. The molecule has 1 aromatic carbocycles. The van der Waals surface area contributed by atoms with Crippen molar-refractivity contribution in [3.05, 3.63) is 68.0 Å². The lowest BCUT2D eigenvalue weighted by Crippen LogP contribution is -2.42. The standard InChI is InChI=1S/C21H19NO4S2/c1-25-17-11-14(12-23)4-5-16(17)26-13-20(24)22-8-6-18-15(7-10-28-18)21(22)19-3-2-9-27-19/h2-5,7,9-12,21H,6,8,13H2,1H3/t21-/m1/s1. The van der Waals surface area contributed by atoms with Crippen LogP contribution in [0.5, 0.6) is 11.5 Å². The highest BCUT2D eigenvalue weighted by Crippen LogP contribution is 2.39. The summed E-state index contributed by atoms with van der Waals surface area (Å²) in [5.41, 5.74) is 1.70. The van der Waals surface area contributed by atoms with Gasteiger partial charge in [-0.3, -0.25) is 9.59 Å². The number of nitrogens with zero attached hydrogens (tertiary/aromatic N) is 1. The monoisotopic (exact) mass is 413 g/mol. The summed E-state index contributed by atoms with van der Waals surface area (Å²) < 4.78 is 11.0. The number of amides is 1. The molecule has 0 spiro atoms. The molecule has 2 aromatic heterocycles. The molecule has 1 atom stereocenters. The van der Waals surface area contributed by atoms with Crippen molar-refractivity contribution in [1.29, 1.82) is 0 Å². The molecule has 7 heteroatoms. The Morgan fingerprint density at radius 2 is 2.11 bits per heavy atom. The summed E-state index contributed by atoms with van der Waals surface area (Å²) in [5, 5.41) is 4.13. The maximum atomic E-state index is 13.0. The second kappa shape index (κ2) is 8.16. The van der Waals surface area contributed by atoms with Crippen LogP contribution in [-0.4, -0.2) is 37.4 Å². The number of hydrogen-bond donors (Lipinski definition) is 0. The van der Waals surface area contributed by atoms with Gasteiger partial charge in [-0.2, -0.15) is 0 Å². The van der Waals surface area contributed by atoms with Crippen molar-refractivity contribution >= 4 is 34.9 Å². The van der Waals surface area contributed by atoms with Crippen molar-refractivity contribution in [1.82, 2.24) is 4.90 Å². The van der Waals surface area contributed by atoms with Gasteiger partial charge in [0.1, 0.15) is 6.29 Å². The van der Waals surface area contributed by atoms with E-state index >= 15 is 0 Å². The minimum Gasteiger partial charge on any atom is -0.493 e. The van der Waals surface area contributed by atoms with Crippen LogP contribution in [0.1, 0.15) is 31.7 Å². The average molecular weight is 414 g/mol. The molecule has 0 saturated heterocycles. The van der Waals surface area contributed by atoms with Gasteiger partial charge in [-0.15, -0.1) is 22.7 Å². The Balaban J connectivity index is 1.54. The molecular weight excluding hydrogens is 394 g/mol. The van der Waals surface area contributed by atoms with Crippen molar-refractivity contribution in [2.24, 2.45) is 0 Å². The highest BCUT2D eigenvalue weighted by molar-refractivity contribution is 7.10. The SMILES string of the molecule is COc1cc(C=O)ccc1OCC(=O)N1CCc2sccc2[C@@H]1c1cccs1. The Hall–Kier alpha value is -2.64. The predicted octanol–water partition coefficient (Wildman–Crippen LogP) is 4.18. The van der Waals surface area contributed by atoms with Crippen molar-refractivity contribution < 1.29 is 19.1 Å². The number of methoxy groups -OCH3 is 1. The van der Waals surface area contributed by atoms with Gasteiger partial charge in [0.25, 0.3) is 5.91 Å². The first kappa shape index (κ1) is 18.7. The Bertz CT molecular complexity index is 980. The molecule has 0 N–H and O–H groups in total. The summed E-state index contributed by atoms with van der Waals surface area (Å²) in [6.07, 6.45) is 1.60. The summed E-state index contributed by atoms with van der Waals surface area (Å²) in [5.74, 6) is 0.810. The molecule has 3 heterocycles. The quantitative estimate of drug-likeness (QED) is 0.569. The number of ether oxygens (including phenoxy) is 2. The maximum absolute atomic E-state index is 13.0. The summed E-state index contributed by atoms with van der Waals surface area (Å²) in [6.45, 7) is 0.581. The smallest absolute Gasteiger partial charge is 0.261 e. The molecule has 1 aliphatic heterocycles. The first-order chi connectivity index (χ1) is 13.7. The summed E-state index contributed by atoms with van der Waals surface area (Å²) in [7, 11) is 1.51. The van der Waals surface area contributed by atoms with E-state index in [0.717, 1.165) is 17.6 Å². The number of hydrogen-bond acceptors (Lipinski definition) is 6. The summed E-state index contributed by atoms with van der Waals surface area (Å²) in [4.78, 5) is 28.4. The van der Waals surface area contributed by atoms with Crippen LogP contribution in [0.3, 0.4) is 0 Å². The first-order valence-corrected chi connectivity index (χ1v) is 10.6. The van der Waals surface area contributed by atoms with Crippen LogP contribution in [0.4, 0.5) is 0 Å². The van der Waals surface area contributed by atoms with Gasteiger partial charge in [0.2, 0.25) is 0 Å². The van der Waals surface area contributed by atoms with Crippen molar-refractivity contribution in [3.8, 4) is 11.5 Å². The molecule has 0 saturated carbocycles. The Labute approximate surface area is 171 Å². The molecule has 0 fully saturated rings. The van der Waals surface area contributed by atoms with Crippen LogP contribution in [0.15, 0.2) is 47.2 Å². The van der Waals surface area contributed by atoms with Gasteiger partial charge in [-0.1, -0.05) is 6.07 Å². The lowest BCUT2D eigenvalue weighted by Gasteiger charge is -2.35. The molecule has 0 aliphatic carbocycles. The number of thiophene rings is 2. The number of carbonyl (C=O) groups excluding carboxylic acids is 2. The van der Waals surface area contributed by atoms with Crippen LogP contribution >= 0.6 is 22.7 Å². The molecule has 28 heavy (non-hydrogen) atoms. The maximum Gasteiger partial charge on any atom is 0.261 e. The topological polar surface area (TPSA) is 55.8 Å². The van der Waals surface area contributed by atoms with Crippen LogP contribution in [0.2, 0.25) is 0 Å². The first-order valence-electron chi connectivity index (χ1n) is 8.86. The van der Waals surface area contributed by atoms with Gasteiger partial charge in [0, 0.05) is 21.9 Å². The zero-order valence-electron chi connectivity index (χ0n) is 15.3. The normalized spacial score (nSPS) is 15.8. The van der Waals surface area contributed by atoms with E-state index in [-0.39, 0.29) is 18.6 Å². The van der Waals surface area contributed by atoms with Crippen molar-refractivity contribution in [3.63, 3.8) is 0 Å². The Morgan fingerprint density at radius 3 is 2.86 bits per heavy atom. The number of fused-ring (bicyclic) bond motifs is 1. The molecule has 1 amide bonds. The van der Waals surface area contributed by atoms with Gasteiger partial charge in [-0.05, 0) is 53.1 Å². The molecule has 0 bridgehead atoms. The molecule has 0 unspecified atom stereocenters. The third-order valence-electron chi connectivity index (χ3n) is 4.77. The van der Waals surface area contributed by atoms with E-state index in [4.69, 9.17) is 9.47 Å². The van der Waals surface area contributed by atoms with Crippen LogP contribution < -0.4 is 9.47 Å². The second-order valence-electron chi connectivity index (χ2n) is 6.37. The highest BCUT2D eigenvalue weighted by Gasteiger charge is 2.33. The number of aldehydes is 1. The van der Waals surface area contributed by atoms with Crippen LogP contribution in [0, 0.1) is 0 Å². The van der Waals surface area contributed by atoms with Gasteiger partial charge < -0.3 is 14.4 Å². The van der Waals surface area contributed by atoms with Crippen molar-refractivity contribution in [2.75, 3.05) is 20.3 Å². The zero-order chi connectivity index (χ0) is 19.5. The van der Waals surface area contributed by atoms with Gasteiger partial charge >= 0.3 is 0 Å². The van der Waals surface area contributed by atoms with Gasteiger partial charge in [-0.25, -0.2) is 0 Å². The van der Waals surface area contributed by atoms with E-state index in [0.29, 0.717) is 23.6 Å². The lowest BCUT2D eigenvalue weighted by atomic mass is 9.98. The van der Waals surface area contributed by atoms with Gasteiger partial charge in [0.05, 0.1) is 13.2 Å². The summed E-state index contributed by atoms with van der Waals surface area (Å²) in [6, 6.07) is 11.0.